The minimum absolute atomic E-state index is 0.0344. The molecule has 174 valence electrons. The van der Waals surface area contributed by atoms with Crippen molar-refractivity contribution in [1.82, 2.24) is 16.0 Å². The van der Waals surface area contributed by atoms with Gasteiger partial charge in [0, 0.05) is 13.0 Å². The molecule has 1 aromatic carbocycles. The predicted octanol–water partition coefficient (Wildman–Crippen LogP) is -1.61. The number of hydrogen-bond donors (Lipinski definition) is 6. The summed E-state index contributed by atoms with van der Waals surface area (Å²) in [5.74, 6) is -4.14. The van der Waals surface area contributed by atoms with Gasteiger partial charge in [-0.2, -0.15) is 0 Å². The van der Waals surface area contributed by atoms with Gasteiger partial charge >= 0.3 is 5.97 Å². The largest absolute Gasteiger partial charge is 0.481 e. The Morgan fingerprint density at radius 1 is 0.969 bits per heavy atom. The van der Waals surface area contributed by atoms with Crippen LogP contribution in [0.4, 0.5) is 0 Å². The van der Waals surface area contributed by atoms with Crippen molar-refractivity contribution in [3.05, 3.63) is 35.9 Å². The number of aliphatic imine (C=N–C) groups is 1. The molecule has 0 saturated heterocycles. The number of benzene rings is 1. The summed E-state index contributed by atoms with van der Waals surface area (Å²) >= 11 is 0. The first-order valence-corrected chi connectivity index (χ1v) is 9.88. The number of carbonyl (C=O) groups excluding carboxylic acids is 4. The molecule has 1 aromatic rings. The van der Waals surface area contributed by atoms with Gasteiger partial charge in [-0.15, -0.1) is 0 Å². The van der Waals surface area contributed by atoms with Crippen LogP contribution in [0.3, 0.4) is 0 Å². The molecule has 0 saturated carbocycles. The van der Waals surface area contributed by atoms with E-state index in [1.165, 1.54) is 0 Å². The third-order valence-electron chi connectivity index (χ3n) is 4.05. The molecule has 0 aliphatic heterocycles. The van der Waals surface area contributed by atoms with Gasteiger partial charge in [0.25, 0.3) is 0 Å². The predicted molar refractivity (Wildman–Crippen MR) is 115 cm³/mol. The minimum atomic E-state index is -1.48. The lowest BCUT2D eigenvalue weighted by molar-refractivity contribution is -0.142. The number of nitrogens with one attached hydrogen (secondary N) is 3. The van der Waals surface area contributed by atoms with Crippen molar-refractivity contribution in [2.75, 3.05) is 13.1 Å². The first kappa shape index (κ1) is 26.1. The zero-order chi connectivity index (χ0) is 23.9. The molecule has 0 spiro atoms. The van der Waals surface area contributed by atoms with Crippen molar-refractivity contribution in [2.45, 2.75) is 38.1 Å². The maximum Gasteiger partial charge on any atom is 0.305 e. The summed E-state index contributed by atoms with van der Waals surface area (Å²) in [5, 5.41) is 15.7. The number of imide groups is 1. The van der Waals surface area contributed by atoms with Crippen molar-refractivity contribution in [2.24, 2.45) is 16.5 Å². The lowest BCUT2D eigenvalue weighted by Gasteiger charge is -2.16. The molecule has 12 nitrogen and oxygen atoms in total. The van der Waals surface area contributed by atoms with E-state index in [1.54, 1.807) is 30.3 Å². The van der Waals surface area contributed by atoms with Gasteiger partial charge in [-0.25, -0.2) is 0 Å². The molecule has 1 rings (SSSR count). The highest BCUT2D eigenvalue weighted by Crippen LogP contribution is 2.00. The van der Waals surface area contributed by atoms with Crippen LogP contribution in [-0.4, -0.2) is 59.8 Å². The normalized spacial score (nSPS) is 11.0. The van der Waals surface area contributed by atoms with E-state index < -0.39 is 48.6 Å². The highest BCUT2D eigenvalue weighted by atomic mass is 16.4. The van der Waals surface area contributed by atoms with Crippen LogP contribution in [0.15, 0.2) is 35.3 Å². The van der Waals surface area contributed by atoms with Crippen LogP contribution in [0, 0.1) is 0 Å². The number of aliphatic carboxylic acids is 1. The number of unbranched alkanes of at least 4 members (excludes halogenated alkanes) is 1. The molecule has 0 heterocycles. The van der Waals surface area contributed by atoms with Crippen molar-refractivity contribution in [3.8, 4) is 0 Å². The van der Waals surface area contributed by atoms with E-state index in [0.29, 0.717) is 24.9 Å². The second-order valence-corrected chi connectivity index (χ2v) is 6.83. The van der Waals surface area contributed by atoms with Gasteiger partial charge in [0.2, 0.25) is 23.6 Å². The van der Waals surface area contributed by atoms with Crippen LogP contribution in [0.2, 0.25) is 0 Å². The summed E-state index contributed by atoms with van der Waals surface area (Å²) < 4.78 is 0. The summed E-state index contributed by atoms with van der Waals surface area (Å²) in [5.41, 5.74) is 11.0. The number of guanidine groups is 1. The second-order valence-electron chi connectivity index (χ2n) is 6.83. The van der Waals surface area contributed by atoms with Crippen molar-refractivity contribution < 1.29 is 29.1 Å². The number of nitrogens with two attached hydrogens (primary N) is 2. The highest BCUT2D eigenvalue weighted by molar-refractivity contribution is 6.01. The van der Waals surface area contributed by atoms with Gasteiger partial charge in [0.1, 0.15) is 6.04 Å². The van der Waals surface area contributed by atoms with E-state index in [-0.39, 0.29) is 18.8 Å². The summed E-state index contributed by atoms with van der Waals surface area (Å²) in [6, 6.07) is 7.16. The zero-order valence-corrected chi connectivity index (χ0v) is 17.5. The van der Waals surface area contributed by atoms with E-state index in [2.05, 4.69) is 20.9 Å². The first-order valence-electron chi connectivity index (χ1n) is 9.88. The average molecular weight is 448 g/mol. The third-order valence-corrected chi connectivity index (χ3v) is 4.05. The molecule has 0 aromatic heterocycles. The molecular weight excluding hydrogens is 420 g/mol. The molecule has 12 heteroatoms. The van der Waals surface area contributed by atoms with Crippen LogP contribution < -0.4 is 27.4 Å². The second kappa shape index (κ2) is 14.1. The van der Waals surface area contributed by atoms with E-state index in [0.717, 1.165) is 0 Å². The Kier molecular flexibility index (Phi) is 11.5. The molecule has 32 heavy (non-hydrogen) atoms. The number of carbonyl (C=O) groups is 5. The minimum Gasteiger partial charge on any atom is -0.481 e. The Hall–Kier alpha value is -3.96. The molecule has 4 amide bonds. The van der Waals surface area contributed by atoms with Gasteiger partial charge in [-0.3, -0.25) is 34.3 Å². The smallest absolute Gasteiger partial charge is 0.305 e. The van der Waals surface area contributed by atoms with E-state index in [9.17, 15) is 24.0 Å². The fourth-order valence-electron chi connectivity index (χ4n) is 2.55. The van der Waals surface area contributed by atoms with Crippen molar-refractivity contribution in [1.29, 1.82) is 0 Å². The third kappa shape index (κ3) is 11.9. The number of rotatable bonds is 13. The average Bonchev–Trinajstić information content (AvgIpc) is 2.71. The summed E-state index contributed by atoms with van der Waals surface area (Å²) in [4.78, 5) is 62.9. The van der Waals surface area contributed by atoms with Crippen LogP contribution in [-0.2, 0) is 30.4 Å². The molecule has 0 fully saturated rings. The molecule has 0 radical (unpaired) electrons. The lowest BCUT2D eigenvalue weighted by atomic mass is 10.1. The van der Waals surface area contributed by atoms with E-state index in [1.807, 2.05) is 0 Å². The van der Waals surface area contributed by atoms with Gasteiger partial charge in [0.15, 0.2) is 5.96 Å². The summed E-state index contributed by atoms with van der Waals surface area (Å²) in [6.07, 6.45) is 0.405. The molecular formula is C20H28N6O6. The van der Waals surface area contributed by atoms with Gasteiger partial charge in [-0.05, 0) is 18.4 Å². The Labute approximate surface area is 184 Å². The topological polar surface area (TPSA) is 206 Å². The Morgan fingerprint density at radius 3 is 2.28 bits per heavy atom. The highest BCUT2D eigenvalue weighted by Gasteiger charge is 2.25. The van der Waals surface area contributed by atoms with Crippen LogP contribution in [0.5, 0.6) is 0 Å². The number of carboxylic acid groups (broad SMARTS) is 1. The number of carboxylic acids is 1. The van der Waals surface area contributed by atoms with Gasteiger partial charge in [0.05, 0.1) is 19.4 Å². The number of amides is 4. The molecule has 0 aliphatic carbocycles. The van der Waals surface area contributed by atoms with Crippen molar-refractivity contribution in [3.63, 3.8) is 0 Å². The Morgan fingerprint density at radius 2 is 1.66 bits per heavy atom. The SMILES string of the molecule is NC(N)=NCCCCC(=O)NCC(=O)N[C@@H](CC(=O)O)C(=O)NC(=O)Cc1ccccc1. The maximum atomic E-state index is 12.3. The Bertz CT molecular complexity index is 838. The maximum absolute atomic E-state index is 12.3. The fraction of sp³-hybridized carbons (Fsp3) is 0.400. The zero-order valence-electron chi connectivity index (χ0n) is 17.5. The van der Waals surface area contributed by atoms with Gasteiger partial charge in [-0.1, -0.05) is 30.3 Å². The standard InChI is InChI=1S/C20H28N6O6/c21-20(22)23-9-5-4-8-15(27)24-12-17(29)25-14(11-18(30)31)19(32)26-16(28)10-13-6-2-1-3-7-13/h1-3,6-7,14H,4-5,8-12H2,(H,24,27)(H,25,29)(H,30,31)(H4,21,22,23)(H,26,28,32)/t14-/m0/s1. The van der Waals surface area contributed by atoms with Crippen LogP contribution >= 0.6 is 0 Å². The quantitative estimate of drug-likeness (QED) is 0.117. The molecule has 1 atom stereocenters. The van der Waals surface area contributed by atoms with Crippen LogP contribution in [0.25, 0.3) is 0 Å². The van der Waals surface area contributed by atoms with Crippen LogP contribution in [0.1, 0.15) is 31.2 Å². The number of hydrogen-bond acceptors (Lipinski definition) is 6. The lowest BCUT2D eigenvalue weighted by Crippen LogP contribution is -2.51. The number of nitrogens with zero attached hydrogens (tertiary/aromatic N) is 1. The molecule has 0 aliphatic rings. The van der Waals surface area contributed by atoms with Crippen molar-refractivity contribution >= 4 is 35.6 Å². The molecule has 0 bridgehead atoms. The first-order chi connectivity index (χ1) is 15.2. The summed E-state index contributed by atoms with van der Waals surface area (Å²) in [7, 11) is 0. The van der Waals surface area contributed by atoms with E-state index in [4.69, 9.17) is 16.6 Å². The van der Waals surface area contributed by atoms with Gasteiger partial charge < -0.3 is 27.2 Å². The Balaban J connectivity index is 2.46. The fourth-order valence-corrected chi connectivity index (χ4v) is 2.55. The monoisotopic (exact) mass is 448 g/mol. The summed E-state index contributed by atoms with van der Waals surface area (Å²) in [6.45, 7) is -0.0703. The molecule has 0 unspecified atom stereocenters. The molecule has 8 N–H and O–H groups in total. The van der Waals surface area contributed by atoms with E-state index >= 15 is 0 Å².